The van der Waals surface area contributed by atoms with Gasteiger partial charge in [0.05, 0.1) is 5.56 Å². The molecule has 0 heterocycles. The molecule has 0 saturated carbocycles. The number of nitrogens with two attached hydrogens (primary N) is 1. The molecule has 3 heteroatoms. The second-order valence-electron chi connectivity index (χ2n) is 2.45. The van der Waals surface area contributed by atoms with Crippen LogP contribution in [-0.2, 0) is 0 Å². The Morgan fingerprint density at radius 3 is 2.83 bits per heavy atom. The SMILES string of the molecule is Nc1ccccc1C=[NH+]CCO. The Kier molecular flexibility index (Phi) is 3.29. The van der Waals surface area contributed by atoms with Gasteiger partial charge in [-0.2, -0.15) is 0 Å². The summed E-state index contributed by atoms with van der Waals surface area (Å²) in [6.45, 7) is 0.678. The Hall–Kier alpha value is -1.35. The average molecular weight is 165 g/mol. The molecule has 1 rings (SSSR count). The van der Waals surface area contributed by atoms with Gasteiger partial charge in [0.1, 0.15) is 6.61 Å². The van der Waals surface area contributed by atoms with Gasteiger partial charge >= 0.3 is 0 Å². The lowest BCUT2D eigenvalue weighted by atomic mass is 10.2. The zero-order valence-electron chi connectivity index (χ0n) is 6.83. The third kappa shape index (κ3) is 2.36. The average Bonchev–Trinajstić information content (AvgIpc) is 2.09. The van der Waals surface area contributed by atoms with Gasteiger partial charge in [-0.1, -0.05) is 12.1 Å². The Balaban J connectivity index is 2.68. The van der Waals surface area contributed by atoms with E-state index in [2.05, 4.69) is 4.99 Å². The molecular weight excluding hydrogens is 152 g/mol. The molecule has 0 aromatic heterocycles. The highest BCUT2D eigenvalue weighted by Crippen LogP contribution is 2.05. The lowest BCUT2D eigenvalue weighted by Crippen LogP contribution is -2.70. The number of aliphatic hydroxyl groups is 1. The standard InChI is InChI=1S/C9H12N2O/c10-9-4-2-1-3-8(9)7-11-5-6-12/h1-4,7,12H,5-6,10H2/p+1. The number of para-hydroxylation sites is 1. The fraction of sp³-hybridized carbons (Fsp3) is 0.222. The molecule has 3 nitrogen and oxygen atoms in total. The van der Waals surface area contributed by atoms with Crippen molar-refractivity contribution in [3.63, 3.8) is 0 Å². The normalized spacial score (nSPS) is 10.8. The zero-order valence-corrected chi connectivity index (χ0v) is 6.83. The molecule has 0 fully saturated rings. The van der Waals surface area contributed by atoms with E-state index in [9.17, 15) is 0 Å². The van der Waals surface area contributed by atoms with Crippen LogP contribution in [0.25, 0.3) is 0 Å². The Bertz CT molecular complexity index is 271. The van der Waals surface area contributed by atoms with E-state index in [0.29, 0.717) is 6.54 Å². The number of anilines is 1. The minimum atomic E-state index is 0.128. The largest absolute Gasteiger partial charge is 0.398 e. The van der Waals surface area contributed by atoms with Crippen LogP contribution in [0.1, 0.15) is 5.56 Å². The molecule has 0 aliphatic heterocycles. The van der Waals surface area contributed by atoms with E-state index in [1.807, 2.05) is 24.3 Å². The number of aliphatic hydroxyl groups excluding tert-OH is 1. The van der Waals surface area contributed by atoms with Crippen molar-refractivity contribution in [1.29, 1.82) is 0 Å². The number of benzene rings is 1. The van der Waals surface area contributed by atoms with E-state index in [-0.39, 0.29) is 6.61 Å². The molecule has 0 bridgehead atoms. The molecule has 0 saturated heterocycles. The molecule has 0 radical (unpaired) electrons. The van der Waals surface area contributed by atoms with Gasteiger partial charge in [0.25, 0.3) is 0 Å². The topological polar surface area (TPSA) is 60.2 Å². The van der Waals surface area contributed by atoms with Crippen LogP contribution in [0.15, 0.2) is 24.3 Å². The highest BCUT2D eigenvalue weighted by atomic mass is 16.3. The van der Waals surface area contributed by atoms with Crippen molar-refractivity contribution < 1.29 is 10.1 Å². The number of hydrogen-bond acceptors (Lipinski definition) is 2. The van der Waals surface area contributed by atoms with E-state index in [0.717, 1.165) is 11.3 Å². The van der Waals surface area contributed by atoms with Crippen molar-refractivity contribution in [2.75, 3.05) is 18.9 Å². The summed E-state index contributed by atoms with van der Waals surface area (Å²) in [7, 11) is 0. The lowest BCUT2D eigenvalue weighted by molar-refractivity contribution is -0.454. The summed E-state index contributed by atoms with van der Waals surface area (Å²) in [5.74, 6) is 0. The fourth-order valence-corrected chi connectivity index (χ4v) is 0.889. The van der Waals surface area contributed by atoms with Crippen molar-refractivity contribution in [2.24, 2.45) is 0 Å². The van der Waals surface area contributed by atoms with E-state index in [1.165, 1.54) is 0 Å². The molecule has 0 atom stereocenters. The maximum Gasteiger partial charge on any atom is 0.171 e. The zero-order chi connectivity index (χ0) is 8.81. The lowest BCUT2D eigenvalue weighted by Gasteiger charge is -1.93. The first-order valence-corrected chi connectivity index (χ1v) is 3.86. The van der Waals surface area contributed by atoms with Gasteiger partial charge in [-0.3, -0.25) is 0 Å². The van der Waals surface area contributed by atoms with E-state index < -0.39 is 0 Å². The van der Waals surface area contributed by atoms with Gasteiger partial charge in [0.2, 0.25) is 0 Å². The first kappa shape index (κ1) is 8.74. The van der Waals surface area contributed by atoms with Crippen LogP contribution in [0.5, 0.6) is 0 Å². The third-order valence-electron chi connectivity index (χ3n) is 1.51. The molecule has 12 heavy (non-hydrogen) atoms. The van der Waals surface area contributed by atoms with Crippen LogP contribution < -0.4 is 10.7 Å². The van der Waals surface area contributed by atoms with Gasteiger partial charge in [0, 0.05) is 5.69 Å². The summed E-state index contributed by atoms with van der Waals surface area (Å²) in [6.07, 6.45) is 1.80. The minimum absolute atomic E-state index is 0.128. The van der Waals surface area contributed by atoms with Gasteiger partial charge < -0.3 is 10.8 Å². The molecule has 0 amide bonds. The van der Waals surface area contributed by atoms with Crippen molar-refractivity contribution in [3.05, 3.63) is 29.8 Å². The Labute approximate surface area is 71.6 Å². The summed E-state index contributed by atoms with van der Waals surface area (Å²) >= 11 is 0. The summed E-state index contributed by atoms with van der Waals surface area (Å²) < 4.78 is 0. The first-order valence-electron chi connectivity index (χ1n) is 3.86. The highest BCUT2D eigenvalue weighted by Gasteiger charge is 1.94. The second kappa shape index (κ2) is 4.51. The van der Waals surface area contributed by atoms with Crippen LogP contribution in [0.3, 0.4) is 0 Å². The van der Waals surface area contributed by atoms with Crippen molar-refractivity contribution >= 4 is 11.9 Å². The van der Waals surface area contributed by atoms with Gasteiger partial charge in [-0.25, -0.2) is 4.99 Å². The molecule has 1 aromatic rings. The van der Waals surface area contributed by atoms with Crippen LogP contribution in [0.4, 0.5) is 5.69 Å². The van der Waals surface area contributed by atoms with Gasteiger partial charge in [-0.15, -0.1) is 0 Å². The Morgan fingerprint density at radius 1 is 1.42 bits per heavy atom. The number of hydrogen-bond donors (Lipinski definition) is 3. The molecule has 64 valence electrons. The van der Waals surface area contributed by atoms with E-state index in [4.69, 9.17) is 10.8 Å². The quantitative estimate of drug-likeness (QED) is 0.387. The smallest absolute Gasteiger partial charge is 0.171 e. The Morgan fingerprint density at radius 2 is 2.17 bits per heavy atom. The molecular formula is C9H13N2O+. The van der Waals surface area contributed by atoms with Crippen molar-refractivity contribution in [3.8, 4) is 0 Å². The number of nitrogen functional groups attached to an aromatic ring is 1. The second-order valence-corrected chi connectivity index (χ2v) is 2.45. The highest BCUT2D eigenvalue weighted by molar-refractivity contribution is 5.82. The first-order chi connectivity index (χ1) is 5.84. The summed E-state index contributed by atoms with van der Waals surface area (Å²) in [5, 5.41) is 8.50. The molecule has 0 aliphatic carbocycles. The minimum Gasteiger partial charge on any atom is -0.398 e. The van der Waals surface area contributed by atoms with E-state index >= 15 is 0 Å². The van der Waals surface area contributed by atoms with Crippen LogP contribution in [0, 0.1) is 0 Å². The van der Waals surface area contributed by atoms with Gasteiger partial charge in [0.15, 0.2) is 12.8 Å². The van der Waals surface area contributed by atoms with Crippen molar-refractivity contribution in [1.82, 2.24) is 0 Å². The maximum absolute atomic E-state index is 8.50. The monoisotopic (exact) mass is 165 g/mol. The summed E-state index contributed by atoms with van der Waals surface area (Å²) in [5.41, 5.74) is 7.36. The summed E-state index contributed by atoms with van der Waals surface area (Å²) in [4.78, 5) is 2.94. The number of rotatable bonds is 3. The predicted octanol–water partition coefficient (Wildman–Crippen LogP) is -1.24. The predicted molar refractivity (Wildman–Crippen MR) is 48.9 cm³/mol. The fourth-order valence-electron chi connectivity index (χ4n) is 0.889. The van der Waals surface area contributed by atoms with E-state index in [1.54, 1.807) is 6.21 Å². The van der Waals surface area contributed by atoms with Crippen molar-refractivity contribution in [2.45, 2.75) is 0 Å². The molecule has 0 unspecified atom stereocenters. The molecule has 0 aliphatic rings. The summed E-state index contributed by atoms with van der Waals surface area (Å²) in [6, 6.07) is 7.56. The van der Waals surface area contributed by atoms with Crippen LogP contribution in [-0.4, -0.2) is 24.5 Å². The third-order valence-corrected chi connectivity index (χ3v) is 1.51. The molecule has 0 spiro atoms. The van der Waals surface area contributed by atoms with Crippen LogP contribution in [0.2, 0.25) is 0 Å². The molecule has 4 N–H and O–H groups in total. The van der Waals surface area contributed by atoms with Crippen LogP contribution >= 0.6 is 0 Å². The maximum atomic E-state index is 8.50. The van der Waals surface area contributed by atoms with Gasteiger partial charge in [-0.05, 0) is 12.1 Å². The molecule has 1 aromatic carbocycles. The number of nitrogens with one attached hydrogen (secondary N) is 1.